The summed E-state index contributed by atoms with van der Waals surface area (Å²) >= 11 is 1.57. The number of nitrogens with zero attached hydrogens (tertiary/aromatic N) is 5. The number of thiazole rings is 1. The maximum absolute atomic E-state index is 14.5. The molecule has 3 aromatic rings. The molecule has 8 rings (SSSR count). The van der Waals surface area contributed by atoms with Gasteiger partial charge in [-0.3, -0.25) is 33.6 Å². The lowest BCUT2D eigenvalue weighted by atomic mass is 9.42. The summed E-state index contributed by atoms with van der Waals surface area (Å²) in [4.78, 5) is 102. The van der Waals surface area contributed by atoms with E-state index in [1.54, 1.807) is 22.9 Å². The quantitative estimate of drug-likeness (QED) is 0.0441. The number of amides is 4. The minimum atomic E-state index is -0.962. The fourth-order valence-corrected chi connectivity index (χ4v) is 16.3. The first-order valence-corrected chi connectivity index (χ1v) is 32.4. The number of benzene rings is 1. The lowest BCUT2D eigenvalue weighted by Crippen LogP contribution is -2.60. The van der Waals surface area contributed by atoms with Crippen LogP contribution < -0.4 is 16.0 Å². The fraction of sp³-hybridized carbons (Fsp3) is 0.697. The highest BCUT2D eigenvalue weighted by Gasteiger charge is 2.70. The zero-order valence-electron chi connectivity index (χ0n) is 53.3. The van der Waals surface area contributed by atoms with Crippen molar-refractivity contribution in [3.63, 3.8) is 0 Å². The molecule has 2 aromatic heterocycles. The first-order chi connectivity index (χ1) is 40.9. The normalized spacial score (nSPS) is 28.3. The third-order valence-corrected chi connectivity index (χ3v) is 21.7. The molecule has 4 aliphatic carbocycles. The predicted octanol–water partition coefficient (Wildman–Crippen LogP) is 7.00. The van der Waals surface area contributed by atoms with E-state index in [4.69, 9.17) is 9.47 Å². The smallest absolute Gasteiger partial charge is 0.246 e. The number of β-amino-alcohol motifs (C(OH)–C–C–N with tert-alkyl or cyclic N) is 1. The van der Waals surface area contributed by atoms with Gasteiger partial charge in [-0.05, 0) is 97.7 Å². The van der Waals surface area contributed by atoms with Gasteiger partial charge in [0.15, 0.2) is 5.78 Å². The second-order valence-electron chi connectivity index (χ2n) is 28.1. The van der Waals surface area contributed by atoms with Crippen molar-refractivity contribution >= 4 is 52.3 Å². The number of fused-ring (bicyclic) bond motifs is 4. The summed E-state index contributed by atoms with van der Waals surface area (Å²) in [6.07, 6.45) is 3.35. The largest absolute Gasteiger partial charge is 0.392 e. The monoisotopic (exact) mass is 1220 g/mol. The summed E-state index contributed by atoms with van der Waals surface area (Å²) in [5.41, 5.74) is 3.19. The number of rotatable bonds is 26. The predicted molar refractivity (Wildman–Crippen MR) is 328 cm³/mol. The van der Waals surface area contributed by atoms with E-state index >= 15 is 0 Å². The molecular formula is C66H96N8O12S. The molecule has 3 fully saturated rings. The van der Waals surface area contributed by atoms with Gasteiger partial charge in [0.1, 0.15) is 23.7 Å². The van der Waals surface area contributed by atoms with Crippen molar-refractivity contribution in [1.82, 2.24) is 40.8 Å². The van der Waals surface area contributed by atoms with Crippen molar-refractivity contribution in [3.05, 3.63) is 64.1 Å². The third kappa shape index (κ3) is 14.2. The van der Waals surface area contributed by atoms with Crippen molar-refractivity contribution in [2.24, 2.45) is 50.7 Å². The molecule has 0 spiro atoms. The molecule has 4 amide bonds. The van der Waals surface area contributed by atoms with Crippen molar-refractivity contribution in [2.75, 3.05) is 39.5 Å². The van der Waals surface area contributed by atoms with E-state index in [-0.39, 0.29) is 111 Å². The van der Waals surface area contributed by atoms with Crippen LogP contribution in [0.25, 0.3) is 10.4 Å². The Morgan fingerprint density at radius 2 is 1.59 bits per heavy atom. The summed E-state index contributed by atoms with van der Waals surface area (Å²) < 4.78 is 13.1. The number of aliphatic hydroxyl groups is 3. The number of aryl methyl sites for hydroxylation is 2. The van der Waals surface area contributed by atoms with Gasteiger partial charge in [0.2, 0.25) is 23.6 Å². The van der Waals surface area contributed by atoms with Gasteiger partial charge in [-0.25, -0.2) is 9.67 Å². The lowest BCUT2D eigenvalue weighted by Gasteiger charge is -2.61. The third-order valence-electron chi connectivity index (χ3n) is 20.7. The first-order valence-electron chi connectivity index (χ1n) is 31.5. The average molecular weight is 1230 g/mol. The van der Waals surface area contributed by atoms with Gasteiger partial charge in [0.05, 0.1) is 79.1 Å². The molecule has 0 bridgehead atoms. The van der Waals surface area contributed by atoms with E-state index in [2.05, 4.69) is 38.2 Å². The lowest BCUT2D eigenvalue weighted by molar-refractivity contribution is -0.146. The Bertz CT molecular complexity index is 3040. The van der Waals surface area contributed by atoms with Crippen LogP contribution in [0.4, 0.5) is 0 Å². The fourth-order valence-electron chi connectivity index (χ4n) is 15.5. The summed E-state index contributed by atoms with van der Waals surface area (Å²) in [7, 11) is 0. The number of likely N-dealkylation sites (tertiary alicyclic amines) is 1. The molecular weight excluding hydrogens is 1130 g/mol. The molecule has 3 heterocycles. The number of unbranched alkanes of at least 4 members (excludes halogenated alkanes) is 1. The van der Waals surface area contributed by atoms with Gasteiger partial charge in [0.25, 0.3) is 0 Å². The number of carbonyl (C=O) groups excluding carboxylic acids is 7. The minimum absolute atomic E-state index is 0.0132. The Balaban J connectivity index is 0.684. The second kappa shape index (κ2) is 27.3. The summed E-state index contributed by atoms with van der Waals surface area (Å²) in [6.45, 7) is 25.1. The van der Waals surface area contributed by atoms with Gasteiger partial charge in [-0.2, -0.15) is 0 Å². The summed E-state index contributed by atoms with van der Waals surface area (Å²) in [5, 5.41) is 51.9. The highest BCUT2D eigenvalue weighted by Crippen LogP contribution is 2.71. The first kappa shape index (κ1) is 67.4. The zero-order chi connectivity index (χ0) is 63.6. The Morgan fingerprint density at radius 3 is 2.26 bits per heavy atom. The molecule has 2 saturated carbocycles. The molecule has 1 aromatic carbocycles. The number of hydrogen-bond acceptors (Lipinski definition) is 16. The van der Waals surface area contributed by atoms with E-state index < -0.39 is 69.3 Å². The van der Waals surface area contributed by atoms with Crippen LogP contribution in [0.5, 0.6) is 0 Å². The van der Waals surface area contributed by atoms with E-state index in [0.29, 0.717) is 82.5 Å². The number of nitrogens with one attached hydrogen (secondary N) is 3. The molecule has 478 valence electrons. The molecule has 21 heteroatoms. The number of hydrogen-bond donors (Lipinski definition) is 6. The number of ether oxygens (including phenoxy) is 2. The molecule has 6 N–H and O–H groups in total. The highest BCUT2D eigenvalue weighted by molar-refractivity contribution is 7.13. The Morgan fingerprint density at radius 1 is 0.885 bits per heavy atom. The van der Waals surface area contributed by atoms with E-state index in [1.807, 2.05) is 105 Å². The average Bonchev–Trinajstić information content (AvgIpc) is 1.66. The number of aromatic nitrogens is 4. The Kier molecular flexibility index (Phi) is 21.1. The van der Waals surface area contributed by atoms with Crippen LogP contribution in [0.1, 0.15) is 170 Å². The maximum Gasteiger partial charge on any atom is 0.246 e. The van der Waals surface area contributed by atoms with E-state index in [1.165, 1.54) is 4.90 Å². The van der Waals surface area contributed by atoms with Crippen LogP contribution in [0, 0.1) is 57.7 Å². The molecule has 13 atom stereocenters. The van der Waals surface area contributed by atoms with Crippen molar-refractivity contribution in [3.8, 4) is 10.4 Å². The van der Waals surface area contributed by atoms with Crippen molar-refractivity contribution < 1.29 is 58.4 Å². The van der Waals surface area contributed by atoms with Crippen LogP contribution in [-0.4, -0.2) is 151 Å². The van der Waals surface area contributed by atoms with Gasteiger partial charge in [0, 0.05) is 85.5 Å². The highest BCUT2D eigenvalue weighted by atomic mass is 32.1. The van der Waals surface area contributed by atoms with Gasteiger partial charge < -0.3 is 45.6 Å². The maximum atomic E-state index is 14.5. The van der Waals surface area contributed by atoms with Crippen molar-refractivity contribution in [1.29, 1.82) is 0 Å². The topological polar surface area (TPSA) is 282 Å². The second-order valence-corrected chi connectivity index (χ2v) is 29.0. The minimum Gasteiger partial charge on any atom is -0.392 e. The standard InChI is InChI=1S/C66H96N8O12S/c1-38(47-32-53(80)66(12)56-49(77)33-51-63(8,9)52(79)21-22-64(51,10)55(56)50(78)34-65(47,66)11)29-45(75)30-39(2)59(82)67-23-25-85-27-28-86-26-24-73-35-44(71-72-73)15-13-14-16-54(81)70-58(62(5,6)7)61(84)74-36-46(76)31-48(74)60(83)69-40(3)42-17-19-43(20-18-42)57-41(4)68-37-87-57/h17-20,35,37-40,46-49,51,53,58,76-77,80H,13-16,21-34,36H2,1-12H3,(H,67,82)(H,69,83)(H,70,81)/t38-,39-,40+,46-,47-,48+,49+,51+,53+,58-,64+,65-,66+/m1/s1. The van der Waals surface area contributed by atoms with Crippen LogP contribution in [0.3, 0.4) is 0 Å². The number of ketones is 3. The number of aliphatic hydroxyl groups excluding tert-OH is 3. The molecule has 0 radical (unpaired) electrons. The summed E-state index contributed by atoms with van der Waals surface area (Å²) in [5.74, 6) is -2.38. The van der Waals surface area contributed by atoms with Gasteiger partial charge in [-0.15, -0.1) is 16.4 Å². The molecule has 87 heavy (non-hydrogen) atoms. The summed E-state index contributed by atoms with van der Waals surface area (Å²) in [6, 6.07) is 5.75. The number of allylic oxidation sites excluding steroid dienone is 1. The molecule has 5 aliphatic rings. The zero-order valence-corrected chi connectivity index (χ0v) is 54.1. The molecule has 0 unspecified atom stereocenters. The van der Waals surface area contributed by atoms with Crippen LogP contribution >= 0.6 is 11.3 Å². The Labute approximate surface area is 517 Å². The van der Waals surface area contributed by atoms with E-state index in [9.17, 15) is 48.9 Å². The van der Waals surface area contributed by atoms with Gasteiger partial charge in [-0.1, -0.05) is 98.7 Å². The molecule has 1 saturated heterocycles. The van der Waals surface area contributed by atoms with Crippen LogP contribution in [0.15, 0.2) is 47.1 Å². The SMILES string of the molecule is Cc1ncsc1-c1ccc([C@H](C)NC(=O)[C@@H]2C[C@@H](O)CN2C(=O)[C@@H](NC(=O)CCCCc2cn(CCOCCOCCNC(=O)[C@H](C)CC(=O)C[C@@H](C)[C@H]3C[C@H](O)[C@@]4(C)C5=C(C(=O)C[C@]34C)[C@@]3(C)CCC(=O)C(C)(C)[C@@H]3C[C@@H]5O)nn2)C(C)(C)C)cc1. The number of carbonyl (C=O) groups is 7. The molecule has 1 aliphatic heterocycles. The Hall–Kier alpha value is -5.58. The van der Waals surface area contributed by atoms with Crippen molar-refractivity contribution in [2.45, 2.75) is 203 Å². The molecule has 20 nitrogen and oxygen atoms in total. The van der Waals surface area contributed by atoms with E-state index in [0.717, 1.165) is 27.4 Å². The van der Waals surface area contributed by atoms with Gasteiger partial charge >= 0.3 is 0 Å². The van der Waals surface area contributed by atoms with Crippen LogP contribution in [-0.2, 0) is 56.0 Å². The number of Topliss-reactive ketones (excluding diaryl/α,β-unsaturated/α-hetero) is 3. The van der Waals surface area contributed by atoms with Crippen LogP contribution in [0.2, 0.25) is 0 Å².